The topological polar surface area (TPSA) is 21.6 Å². The maximum absolute atomic E-state index is 6.82. The Kier molecular flexibility index (Phi) is 7.68. The highest BCUT2D eigenvalue weighted by Gasteiger charge is 2.33. The standard InChI is InChI=1S/C53H43NO/c1-30-12-16-38(33(4)24-30)45-28-46(39-17-13-31(2)25-34(39)5)42-21-22-44-48(53-54-49-27-37(15-23-50(49)55-53)36-10-8-7-9-11-36)29-47(40-18-14-32(3)26-35(40)6)43-20-19-41(45)51(42)52(43)44/h7-29,49-50H,1-6H3. The molecule has 0 N–H and O–H groups in total. The molecule has 2 unspecified atom stereocenters. The summed E-state index contributed by atoms with van der Waals surface area (Å²) in [6.07, 6.45) is 6.48. The van der Waals surface area contributed by atoms with Gasteiger partial charge in [-0.1, -0.05) is 132 Å². The van der Waals surface area contributed by atoms with Gasteiger partial charge in [0.05, 0.1) is 0 Å². The predicted octanol–water partition coefficient (Wildman–Crippen LogP) is 13.6. The van der Waals surface area contributed by atoms with E-state index in [-0.39, 0.29) is 12.1 Å². The molecule has 8 aromatic rings. The molecule has 0 saturated heterocycles. The van der Waals surface area contributed by atoms with E-state index >= 15 is 0 Å². The monoisotopic (exact) mass is 709 g/mol. The van der Waals surface area contributed by atoms with E-state index in [0.717, 1.165) is 5.56 Å². The van der Waals surface area contributed by atoms with Gasteiger partial charge in [-0.05, 0) is 159 Å². The molecule has 0 spiro atoms. The van der Waals surface area contributed by atoms with Crippen molar-refractivity contribution in [1.29, 1.82) is 0 Å². The fourth-order valence-corrected chi connectivity index (χ4v) is 9.30. The number of allylic oxidation sites excluding steroid dienone is 2. The zero-order valence-electron chi connectivity index (χ0n) is 32.3. The molecule has 0 saturated carbocycles. The summed E-state index contributed by atoms with van der Waals surface area (Å²) in [5.74, 6) is 0.707. The van der Waals surface area contributed by atoms with Crippen molar-refractivity contribution in [2.45, 2.75) is 53.7 Å². The third kappa shape index (κ3) is 5.42. The third-order valence-corrected chi connectivity index (χ3v) is 11.9. The maximum atomic E-state index is 6.82. The maximum Gasteiger partial charge on any atom is 0.218 e. The van der Waals surface area contributed by atoms with E-state index in [1.165, 1.54) is 110 Å². The van der Waals surface area contributed by atoms with Crippen LogP contribution < -0.4 is 0 Å². The van der Waals surface area contributed by atoms with Crippen molar-refractivity contribution in [2.75, 3.05) is 0 Å². The molecule has 2 atom stereocenters. The Morgan fingerprint density at radius 3 is 1.38 bits per heavy atom. The largest absolute Gasteiger partial charge is 0.467 e. The Hall–Kier alpha value is -6.25. The van der Waals surface area contributed by atoms with Crippen LogP contribution in [0, 0.1) is 41.5 Å². The fourth-order valence-electron chi connectivity index (χ4n) is 9.30. The van der Waals surface area contributed by atoms with E-state index in [2.05, 4.69) is 181 Å². The van der Waals surface area contributed by atoms with Gasteiger partial charge >= 0.3 is 0 Å². The van der Waals surface area contributed by atoms with Crippen LogP contribution in [0.1, 0.15) is 44.5 Å². The predicted molar refractivity (Wildman–Crippen MR) is 234 cm³/mol. The number of benzene rings is 8. The van der Waals surface area contributed by atoms with Crippen LogP contribution in [0.2, 0.25) is 0 Å². The average Bonchev–Trinajstić information content (AvgIpc) is 3.61. The molecule has 2 aliphatic rings. The second kappa shape index (κ2) is 12.7. The van der Waals surface area contributed by atoms with E-state index in [0.29, 0.717) is 5.90 Å². The van der Waals surface area contributed by atoms with Crippen LogP contribution in [0.15, 0.2) is 145 Å². The highest BCUT2D eigenvalue weighted by atomic mass is 16.5. The van der Waals surface area contributed by atoms with Crippen molar-refractivity contribution in [3.63, 3.8) is 0 Å². The number of ether oxygens (including phenoxy) is 1. The number of aryl methyl sites for hydroxylation is 6. The number of fused-ring (bicyclic) bond motifs is 1. The van der Waals surface area contributed by atoms with E-state index in [9.17, 15) is 0 Å². The van der Waals surface area contributed by atoms with Gasteiger partial charge in [-0.15, -0.1) is 0 Å². The molecule has 2 heteroatoms. The lowest BCUT2D eigenvalue weighted by Crippen LogP contribution is -2.20. The first-order chi connectivity index (χ1) is 26.7. The summed E-state index contributed by atoms with van der Waals surface area (Å²) >= 11 is 0. The molecule has 0 fully saturated rings. The summed E-state index contributed by atoms with van der Waals surface area (Å²) in [5, 5.41) is 7.49. The first-order valence-electron chi connectivity index (χ1n) is 19.4. The van der Waals surface area contributed by atoms with Crippen LogP contribution in [-0.2, 0) is 4.74 Å². The van der Waals surface area contributed by atoms with Crippen molar-refractivity contribution in [1.82, 2.24) is 0 Å². The molecule has 0 amide bonds. The molecule has 0 bridgehead atoms. The smallest absolute Gasteiger partial charge is 0.218 e. The molecule has 1 aliphatic carbocycles. The summed E-state index contributed by atoms with van der Waals surface area (Å²) in [6, 6.07) is 45.2. The average molecular weight is 710 g/mol. The van der Waals surface area contributed by atoms with Crippen LogP contribution in [0.4, 0.5) is 0 Å². The first kappa shape index (κ1) is 33.3. The molecule has 0 aromatic heterocycles. The minimum absolute atomic E-state index is 0.0921. The minimum Gasteiger partial charge on any atom is -0.467 e. The normalized spacial score (nSPS) is 16.5. The third-order valence-electron chi connectivity index (χ3n) is 11.9. The van der Waals surface area contributed by atoms with Crippen LogP contribution in [0.3, 0.4) is 0 Å². The van der Waals surface area contributed by atoms with Gasteiger partial charge in [-0.2, -0.15) is 0 Å². The Morgan fingerprint density at radius 1 is 0.455 bits per heavy atom. The minimum atomic E-state index is -0.141. The van der Waals surface area contributed by atoms with Crippen molar-refractivity contribution in [3.05, 3.63) is 184 Å². The van der Waals surface area contributed by atoms with E-state index in [1.807, 2.05) is 0 Å². The van der Waals surface area contributed by atoms with Gasteiger partial charge in [0.1, 0.15) is 12.1 Å². The quantitative estimate of drug-likeness (QED) is 0.163. The van der Waals surface area contributed by atoms with Crippen LogP contribution in [0.5, 0.6) is 0 Å². The molecule has 0 radical (unpaired) electrons. The number of aliphatic imine (C=N–C) groups is 1. The van der Waals surface area contributed by atoms with E-state index in [1.54, 1.807) is 0 Å². The van der Waals surface area contributed by atoms with Gasteiger partial charge in [0.2, 0.25) is 5.90 Å². The van der Waals surface area contributed by atoms with Gasteiger partial charge in [0.15, 0.2) is 0 Å². The Balaban J connectivity index is 1.30. The molecule has 266 valence electrons. The fraction of sp³-hybridized carbons (Fsp3) is 0.151. The lowest BCUT2D eigenvalue weighted by atomic mass is 9.81. The summed E-state index contributed by atoms with van der Waals surface area (Å²) in [4.78, 5) is 5.35. The summed E-state index contributed by atoms with van der Waals surface area (Å²) in [5.41, 5.74) is 18.5. The highest BCUT2D eigenvalue weighted by Crippen LogP contribution is 2.48. The van der Waals surface area contributed by atoms with Gasteiger partial charge < -0.3 is 4.74 Å². The molecule has 55 heavy (non-hydrogen) atoms. The highest BCUT2D eigenvalue weighted by molar-refractivity contribution is 6.32. The first-order valence-corrected chi connectivity index (χ1v) is 19.4. The van der Waals surface area contributed by atoms with Crippen molar-refractivity contribution >= 4 is 43.8 Å². The second-order valence-electron chi connectivity index (χ2n) is 15.8. The Bertz CT molecular complexity index is 2890. The van der Waals surface area contributed by atoms with E-state index < -0.39 is 0 Å². The molecular weight excluding hydrogens is 667 g/mol. The van der Waals surface area contributed by atoms with Crippen LogP contribution >= 0.6 is 0 Å². The van der Waals surface area contributed by atoms with Crippen molar-refractivity contribution in [2.24, 2.45) is 4.99 Å². The zero-order chi connectivity index (χ0) is 37.5. The second-order valence-corrected chi connectivity index (χ2v) is 15.8. The molecule has 10 rings (SSSR count). The molecule has 1 aliphatic heterocycles. The Labute approximate surface area is 323 Å². The number of nitrogens with zero attached hydrogens (tertiary/aromatic N) is 1. The zero-order valence-corrected chi connectivity index (χ0v) is 32.3. The van der Waals surface area contributed by atoms with Gasteiger partial charge in [-0.25, -0.2) is 4.99 Å². The molecule has 8 aromatic carbocycles. The van der Waals surface area contributed by atoms with Crippen LogP contribution in [-0.4, -0.2) is 18.0 Å². The molecule has 1 heterocycles. The number of hydrogen-bond acceptors (Lipinski definition) is 2. The van der Waals surface area contributed by atoms with Gasteiger partial charge in [0.25, 0.3) is 0 Å². The molecule has 2 nitrogen and oxygen atoms in total. The summed E-state index contributed by atoms with van der Waals surface area (Å²) in [6.45, 7) is 13.2. The lowest BCUT2D eigenvalue weighted by Gasteiger charge is -2.23. The number of hydrogen-bond donors (Lipinski definition) is 0. The van der Waals surface area contributed by atoms with Crippen LogP contribution in [0.25, 0.3) is 71.3 Å². The lowest BCUT2D eigenvalue weighted by molar-refractivity contribution is 0.255. The van der Waals surface area contributed by atoms with Crippen molar-refractivity contribution in [3.8, 4) is 33.4 Å². The Morgan fingerprint density at radius 2 is 0.909 bits per heavy atom. The van der Waals surface area contributed by atoms with Gasteiger partial charge in [0, 0.05) is 5.56 Å². The number of rotatable bonds is 5. The van der Waals surface area contributed by atoms with Crippen molar-refractivity contribution < 1.29 is 4.74 Å². The summed E-state index contributed by atoms with van der Waals surface area (Å²) < 4.78 is 6.82. The van der Waals surface area contributed by atoms with E-state index in [4.69, 9.17) is 9.73 Å². The van der Waals surface area contributed by atoms with Gasteiger partial charge in [-0.3, -0.25) is 0 Å². The SMILES string of the molecule is Cc1ccc(-c2cc(C3=NC4C=C(c5ccccc5)C=CC4O3)c3ccc4c(-c5ccc(C)cc5C)cc(-c5ccc(C)cc5C)c5ccc2c3c45)c(C)c1. The summed E-state index contributed by atoms with van der Waals surface area (Å²) in [7, 11) is 0. The molecular formula is C53H43NO.